The Labute approximate surface area is 122 Å². The van der Waals surface area contributed by atoms with Crippen LogP contribution in [0.25, 0.3) is 17.2 Å². The maximum Gasteiger partial charge on any atom is 0.126 e. The first kappa shape index (κ1) is 16.2. The highest BCUT2D eigenvalue weighted by molar-refractivity contribution is 5.69. The van der Waals surface area contributed by atoms with Gasteiger partial charge in [0.15, 0.2) is 0 Å². The molecule has 20 heavy (non-hydrogen) atoms. The summed E-state index contributed by atoms with van der Waals surface area (Å²) in [5, 5.41) is 0. The predicted molar refractivity (Wildman–Crippen MR) is 87.4 cm³/mol. The van der Waals surface area contributed by atoms with Crippen molar-refractivity contribution in [3.63, 3.8) is 0 Å². The second kappa shape index (κ2) is 7.64. The van der Waals surface area contributed by atoms with Gasteiger partial charge in [-0.1, -0.05) is 57.7 Å². The van der Waals surface area contributed by atoms with Gasteiger partial charge in [0, 0.05) is 0 Å². The molecule has 0 atom stereocenters. The molecule has 0 radical (unpaired) electrons. The average molecular weight is 270 g/mol. The number of aryl methyl sites for hydroxylation is 2. The van der Waals surface area contributed by atoms with E-state index in [0.29, 0.717) is 5.56 Å². The molecule has 0 aromatic heterocycles. The van der Waals surface area contributed by atoms with Gasteiger partial charge in [0.1, 0.15) is 5.82 Å². The third kappa shape index (κ3) is 3.57. The van der Waals surface area contributed by atoms with Crippen LogP contribution < -0.4 is 0 Å². The Morgan fingerprint density at radius 2 is 1.65 bits per heavy atom. The SMILES string of the molecule is C=Cc1cc(-c2ccc(C)c(F)c2)ccc1CC.CC. The van der Waals surface area contributed by atoms with E-state index < -0.39 is 0 Å². The highest BCUT2D eigenvalue weighted by Gasteiger charge is 2.04. The maximum atomic E-state index is 13.6. The number of rotatable bonds is 3. The Bertz CT molecular complexity index is 582. The van der Waals surface area contributed by atoms with E-state index in [9.17, 15) is 4.39 Å². The summed E-state index contributed by atoms with van der Waals surface area (Å²) >= 11 is 0. The summed E-state index contributed by atoms with van der Waals surface area (Å²) in [6.07, 6.45) is 2.83. The van der Waals surface area contributed by atoms with Crippen molar-refractivity contribution in [2.75, 3.05) is 0 Å². The molecule has 0 N–H and O–H groups in total. The van der Waals surface area contributed by atoms with Crippen molar-refractivity contribution in [1.29, 1.82) is 0 Å². The highest BCUT2D eigenvalue weighted by atomic mass is 19.1. The van der Waals surface area contributed by atoms with Crippen LogP contribution in [0.2, 0.25) is 0 Å². The van der Waals surface area contributed by atoms with Crippen LogP contribution in [-0.4, -0.2) is 0 Å². The smallest absolute Gasteiger partial charge is 0.126 e. The number of hydrogen-bond donors (Lipinski definition) is 0. The molecule has 0 fully saturated rings. The zero-order valence-corrected chi connectivity index (χ0v) is 12.8. The van der Waals surface area contributed by atoms with E-state index in [1.807, 2.05) is 38.1 Å². The molecule has 2 aromatic rings. The van der Waals surface area contributed by atoms with Crippen molar-refractivity contribution < 1.29 is 4.39 Å². The van der Waals surface area contributed by atoms with E-state index in [2.05, 4.69) is 25.6 Å². The van der Waals surface area contributed by atoms with Gasteiger partial charge in [0.05, 0.1) is 0 Å². The van der Waals surface area contributed by atoms with Crippen LogP contribution in [0.4, 0.5) is 4.39 Å². The van der Waals surface area contributed by atoms with Crippen molar-refractivity contribution >= 4 is 6.08 Å². The second-order valence-electron chi connectivity index (χ2n) is 4.44. The standard InChI is InChI=1S/C17H17F.C2H6/c1-4-13-8-9-15(10-14(13)5-2)16-7-6-12(3)17(18)11-16;1-2/h5-11H,2,4H2,1,3H3;1-2H3. The van der Waals surface area contributed by atoms with Gasteiger partial charge in [-0.05, 0) is 53.3 Å². The lowest BCUT2D eigenvalue weighted by atomic mass is 9.97. The first-order chi connectivity index (χ1) is 9.65. The molecule has 0 aliphatic heterocycles. The molecule has 2 rings (SSSR count). The van der Waals surface area contributed by atoms with Gasteiger partial charge in [0.25, 0.3) is 0 Å². The largest absolute Gasteiger partial charge is 0.207 e. The summed E-state index contributed by atoms with van der Waals surface area (Å²) in [5.41, 5.74) is 5.00. The van der Waals surface area contributed by atoms with E-state index in [1.54, 1.807) is 13.0 Å². The molecular formula is C19H23F. The molecule has 0 amide bonds. The number of halogens is 1. The van der Waals surface area contributed by atoms with Gasteiger partial charge < -0.3 is 0 Å². The molecule has 0 aliphatic rings. The molecule has 0 heterocycles. The molecule has 0 aliphatic carbocycles. The highest BCUT2D eigenvalue weighted by Crippen LogP contribution is 2.25. The second-order valence-corrected chi connectivity index (χ2v) is 4.44. The zero-order chi connectivity index (χ0) is 15.1. The Morgan fingerprint density at radius 1 is 1.05 bits per heavy atom. The molecule has 0 unspecified atom stereocenters. The van der Waals surface area contributed by atoms with E-state index >= 15 is 0 Å². The molecule has 1 heteroatoms. The summed E-state index contributed by atoms with van der Waals surface area (Å²) < 4.78 is 13.6. The van der Waals surface area contributed by atoms with Crippen LogP contribution in [0.1, 0.15) is 37.5 Å². The van der Waals surface area contributed by atoms with Crippen molar-refractivity contribution in [2.24, 2.45) is 0 Å². The fourth-order valence-electron chi connectivity index (χ4n) is 2.06. The molecule has 0 bridgehead atoms. The van der Waals surface area contributed by atoms with Crippen LogP contribution in [-0.2, 0) is 6.42 Å². The van der Waals surface area contributed by atoms with Crippen LogP contribution in [0.15, 0.2) is 43.0 Å². The van der Waals surface area contributed by atoms with Gasteiger partial charge in [-0.25, -0.2) is 4.39 Å². The van der Waals surface area contributed by atoms with Gasteiger partial charge in [-0.15, -0.1) is 0 Å². The summed E-state index contributed by atoms with van der Waals surface area (Å²) in [5.74, 6) is -0.160. The average Bonchev–Trinajstić information content (AvgIpc) is 2.51. The zero-order valence-electron chi connectivity index (χ0n) is 12.8. The van der Waals surface area contributed by atoms with Crippen molar-refractivity contribution in [3.8, 4) is 11.1 Å². The lowest BCUT2D eigenvalue weighted by Crippen LogP contribution is -1.89. The van der Waals surface area contributed by atoms with Gasteiger partial charge in [-0.3, -0.25) is 0 Å². The topological polar surface area (TPSA) is 0 Å². The Hall–Kier alpha value is -1.89. The van der Waals surface area contributed by atoms with Gasteiger partial charge >= 0.3 is 0 Å². The first-order valence-electron chi connectivity index (χ1n) is 7.17. The van der Waals surface area contributed by atoms with Crippen LogP contribution in [0, 0.1) is 12.7 Å². The summed E-state index contributed by atoms with van der Waals surface area (Å²) in [4.78, 5) is 0. The number of hydrogen-bond acceptors (Lipinski definition) is 0. The van der Waals surface area contributed by atoms with Crippen molar-refractivity contribution in [2.45, 2.75) is 34.1 Å². The van der Waals surface area contributed by atoms with E-state index in [4.69, 9.17) is 0 Å². The molecule has 2 aromatic carbocycles. The normalized spacial score (nSPS) is 9.65. The molecule has 0 saturated heterocycles. The van der Waals surface area contributed by atoms with Crippen LogP contribution in [0.3, 0.4) is 0 Å². The van der Waals surface area contributed by atoms with Crippen molar-refractivity contribution in [3.05, 3.63) is 65.5 Å². The van der Waals surface area contributed by atoms with Crippen LogP contribution in [0.5, 0.6) is 0 Å². The summed E-state index contributed by atoms with van der Waals surface area (Å²) in [6, 6.07) is 11.5. The van der Waals surface area contributed by atoms with Crippen LogP contribution >= 0.6 is 0 Å². The molecule has 0 spiro atoms. The molecule has 0 nitrogen and oxygen atoms in total. The number of benzene rings is 2. The summed E-state index contributed by atoms with van der Waals surface area (Å²) in [6.45, 7) is 11.7. The van der Waals surface area contributed by atoms with Gasteiger partial charge in [0.2, 0.25) is 0 Å². The fourth-order valence-corrected chi connectivity index (χ4v) is 2.06. The lowest BCUT2D eigenvalue weighted by molar-refractivity contribution is 0.619. The minimum absolute atomic E-state index is 0.160. The van der Waals surface area contributed by atoms with Crippen molar-refractivity contribution in [1.82, 2.24) is 0 Å². The third-order valence-electron chi connectivity index (χ3n) is 3.25. The molecule has 0 saturated carbocycles. The maximum absolute atomic E-state index is 13.6. The van der Waals surface area contributed by atoms with E-state index in [1.165, 1.54) is 5.56 Å². The Kier molecular flexibility index (Phi) is 6.17. The minimum Gasteiger partial charge on any atom is -0.207 e. The quantitative estimate of drug-likeness (QED) is 0.638. The Morgan fingerprint density at radius 3 is 2.20 bits per heavy atom. The fraction of sp³-hybridized carbons (Fsp3) is 0.263. The third-order valence-corrected chi connectivity index (χ3v) is 3.25. The molecule has 106 valence electrons. The monoisotopic (exact) mass is 270 g/mol. The molecular weight excluding hydrogens is 247 g/mol. The van der Waals surface area contributed by atoms with E-state index in [-0.39, 0.29) is 5.82 Å². The van der Waals surface area contributed by atoms with Gasteiger partial charge in [-0.2, -0.15) is 0 Å². The Balaban J connectivity index is 0.000000956. The first-order valence-corrected chi connectivity index (χ1v) is 7.17. The summed E-state index contributed by atoms with van der Waals surface area (Å²) in [7, 11) is 0. The predicted octanol–water partition coefficient (Wildman–Crippen LogP) is 6.03. The van der Waals surface area contributed by atoms with E-state index in [0.717, 1.165) is 23.1 Å². The lowest BCUT2D eigenvalue weighted by Gasteiger charge is -2.08. The minimum atomic E-state index is -0.160.